The minimum Gasteiger partial charge on any atom is -0.325 e. The second-order valence-corrected chi connectivity index (χ2v) is 5.75. The molecule has 0 saturated carbocycles. The smallest absolute Gasteiger partial charge is 0.158 e. The van der Waals surface area contributed by atoms with Gasteiger partial charge in [0, 0.05) is 36.4 Å². The zero-order valence-corrected chi connectivity index (χ0v) is 14.2. The fourth-order valence-electron chi connectivity index (χ4n) is 2.88. The van der Waals surface area contributed by atoms with Crippen molar-refractivity contribution in [2.24, 2.45) is 0 Å². The molecule has 0 aliphatic carbocycles. The molecule has 0 saturated heterocycles. The molecule has 0 bridgehead atoms. The lowest BCUT2D eigenvalue weighted by Crippen LogP contribution is -2.05. The molecule has 0 N–H and O–H groups in total. The molecule has 3 rings (SSSR count). The molecule has 3 heterocycles. The van der Waals surface area contributed by atoms with Crippen molar-refractivity contribution in [1.82, 2.24) is 24.3 Å². The number of aryl methyl sites for hydroxylation is 3. The second-order valence-electron chi connectivity index (χ2n) is 5.75. The number of hydrogen-bond donors (Lipinski definition) is 0. The Morgan fingerprint density at radius 2 is 1.91 bits per heavy atom. The van der Waals surface area contributed by atoms with Gasteiger partial charge in [0.2, 0.25) is 0 Å². The van der Waals surface area contributed by atoms with Crippen LogP contribution in [0, 0.1) is 13.8 Å². The van der Waals surface area contributed by atoms with Crippen LogP contribution in [-0.4, -0.2) is 24.3 Å². The SMILES string of the molecule is CCc1ccc(-c2nccn2Cc2c(C)nn(CC)c2C)nc1. The summed E-state index contributed by atoms with van der Waals surface area (Å²) in [7, 11) is 0. The summed E-state index contributed by atoms with van der Waals surface area (Å²) in [6.07, 6.45) is 6.77. The number of rotatable bonds is 5. The summed E-state index contributed by atoms with van der Waals surface area (Å²) >= 11 is 0. The third kappa shape index (κ3) is 2.91. The maximum atomic E-state index is 4.60. The first-order valence-electron chi connectivity index (χ1n) is 8.13. The summed E-state index contributed by atoms with van der Waals surface area (Å²) in [4.78, 5) is 9.05. The van der Waals surface area contributed by atoms with E-state index < -0.39 is 0 Å². The topological polar surface area (TPSA) is 48.5 Å². The van der Waals surface area contributed by atoms with Gasteiger partial charge in [-0.2, -0.15) is 5.10 Å². The quantitative estimate of drug-likeness (QED) is 0.726. The van der Waals surface area contributed by atoms with E-state index in [4.69, 9.17) is 0 Å². The Morgan fingerprint density at radius 3 is 2.52 bits per heavy atom. The minimum atomic E-state index is 0.768. The zero-order valence-electron chi connectivity index (χ0n) is 14.2. The van der Waals surface area contributed by atoms with Crippen molar-refractivity contribution in [1.29, 1.82) is 0 Å². The number of nitrogens with zero attached hydrogens (tertiary/aromatic N) is 5. The van der Waals surface area contributed by atoms with E-state index in [1.807, 2.05) is 24.7 Å². The van der Waals surface area contributed by atoms with Crippen molar-refractivity contribution in [2.45, 2.75) is 47.2 Å². The van der Waals surface area contributed by atoms with Gasteiger partial charge in [0.05, 0.1) is 12.2 Å². The van der Waals surface area contributed by atoms with Crippen LogP contribution >= 0.6 is 0 Å². The molecule has 23 heavy (non-hydrogen) atoms. The van der Waals surface area contributed by atoms with E-state index >= 15 is 0 Å². The fraction of sp³-hybridized carbons (Fsp3) is 0.389. The number of aromatic nitrogens is 5. The summed E-state index contributed by atoms with van der Waals surface area (Å²) in [5.41, 5.74) is 5.71. The van der Waals surface area contributed by atoms with Gasteiger partial charge in [-0.05, 0) is 38.8 Å². The normalized spacial score (nSPS) is 11.1. The zero-order chi connectivity index (χ0) is 16.4. The monoisotopic (exact) mass is 309 g/mol. The molecular formula is C18H23N5. The van der Waals surface area contributed by atoms with Gasteiger partial charge in [-0.15, -0.1) is 0 Å². The van der Waals surface area contributed by atoms with Crippen LogP contribution in [-0.2, 0) is 19.5 Å². The van der Waals surface area contributed by atoms with Gasteiger partial charge in [0.15, 0.2) is 5.82 Å². The van der Waals surface area contributed by atoms with E-state index in [1.54, 1.807) is 0 Å². The molecule has 0 amide bonds. The molecule has 0 unspecified atom stereocenters. The molecule has 3 aromatic rings. The summed E-state index contributed by atoms with van der Waals surface area (Å²) in [6, 6.07) is 4.17. The first kappa shape index (κ1) is 15.5. The van der Waals surface area contributed by atoms with E-state index in [0.717, 1.165) is 36.7 Å². The average Bonchev–Trinajstić information content (AvgIpc) is 3.14. The van der Waals surface area contributed by atoms with Crippen molar-refractivity contribution in [2.75, 3.05) is 0 Å². The Kier molecular flexibility index (Phi) is 4.28. The highest BCUT2D eigenvalue weighted by Crippen LogP contribution is 2.20. The number of hydrogen-bond acceptors (Lipinski definition) is 3. The van der Waals surface area contributed by atoms with E-state index in [2.05, 4.69) is 58.1 Å². The lowest BCUT2D eigenvalue weighted by molar-refractivity contribution is 0.632. The molecule has 5 heteroatoms. The fourth-order valence-corrected chi connectivity index (χ4v) is 2.88. The van der Waals surface area contributed by atoms with Gasteiger partial charge >= 0.3 is 0 Å². The molecule has 0 radical (unpaired) electrons. The summed E-state index contributed by atoms with van der Waals surface area (Å²) in [6.45, 7) is 10.1. The molecule has 5 nitrogen and oxygen atoms in total. The Balaban J connectivity index is 1.93. The van der Waals surface area contributed by atoms with Crippen molar-refractivity contribution in [3.8, 4) is 11.5 Å². The third-order valence-corrected chi connectivity index (χ3v) is 4.34. The summed E-state index contributed by atoms with van der Waals surface area (Å²) < 4.78 is 4.19. The lowest BCUT2D eigenvalue weighted by atomic mass is 10.2. The Morgan fingerprint density at radius 1 is 1.09 bits per heavy atom. The highest BCUT2D eigenvalue weighted by atomic mass is 15.3. The van der Waals surface area contributed by atoms with Gasteiger partial charge in [-0.3, -0.25) is 9.67 Å². The third-order valence-electron chi connectivity index (χ3n) is 4.34. The van der Waals surface area contributed by atoms with E-state index in [0.29, 0.717) is 0 Å². The molecular weight excluding hydrogens is 286 g/mol. The van der Waals surface area contributed by atoms with Crippen molar-refractivity contribution < 1.29 is 0 Å². The molecule has 0 spiro atoms. The van der Waals surface area contributed by atoms with Crippen molar-refractivity contribution in [3.05, 3.63) is 53.2 Å². The number of pyridine rings is 1. The van der Waals surface area contributed by atoms with Crippen LogP contribution in [0.5, 0.6) is 0 Å². The van der Waals surface area contributed by atoms with Crippen LogP contribution in [0.3, 0.4) is 0 Å². The minimum absolute atomic E-state index is 0.768. The van der Waals surface area contributed by atoms with Gasteiger partial charge < -0.3 is 4.57 Å². The van der Waals surface area contributed by atoms with Crippen molar-refractivity contribution >= 4 is 0 Å². The first-order valence-corrected chi connectivity index (χ1v) is 8.13. The van der Waals surface area contributed by atoms with Crippen LogP contribution in [0.25, 0.3) is 11.5 Å². The number of imidazole rings is 1. The van der Waals surface area contributed by atoms with Gasteiger partial charge in [0.25, 0.3) is 0 Å². The van der Waals surface area contributed by atoms with E-state index in [1.165, 1.54) is 16.8 Å². The van der Waals surface area contributed by atoms with E-state index in [-0.39, 0.29) is 0 Å². The Hall–Kier alpha value is -2.43. The summed E-state index contributed by atoms with van der Waals surface area (Å²) in [5, 5.41) is 4.60. The van der Waals surface area contributed by atoms with Crippen molar-refractivity contribution in [3.63, 3.8) is 0 Å². The average molecular weight is 309 g/mol. The molecule has 0 aromatic carbocycles. The maximum absolute atomic E-state index is 4.60. The van der Waals surface area contributed by atoms with Gasteiger partial charge in [-0.25, -0.2) is 4.98 Å². The second kappa shape index (κ2) is 6.36. The van der Waals surface area contributed by atoms with Crippen LogP contribution in [0.15, 0.2) is 30.7 Å². The molecule has 120 valence electrons. The standard InChI is InChI=1S/C18H23N5/c1-5-15-7-8-17(20-11-15)18-19-9-10-22(18)12-16-13(3)21-23(6-2)14(16)4/h7-11H,5-6,12H2,1-4H3. The van der Waals surface area contributed by atoms with E-state index in [9.17, 15) is 0 Å². The van der Waals surface area contributed by atoms with Gasteiger partial charge in [-0.1, -0.05) is 13.0 Å². The summed E-state index contributed by atoms with van der Waals surface area (Å²) in [5.74, 6) is 0.899. The molecule has 0 aliphatic rings. The predicted molar refractivity (Wildman–Crippen MR) is 91.3 cm³/mol. The largest absolute Gasteiger partial charge is 0.325 e. The predicted octanol–water partition coefficient (Wildman–Crippen LogP) is 3.39. The van der Waals surface area contributed by atoms with Gasteiger partial charge in [0.1, 0.15) is 5.69 Å². The Labute approximate surface area is 137 Å². The first-order chi connectivity index (χ1) is 11.1. The van der Waals surface area contributed by atoms with Crippen LogP contribution in [0.2, 0.25) is 0 Å². The molecule has 3 aromatic heterocycles. The maximum Gasteiger partial charge on any atom is 0.158 e. The highest BCUT2D eigenvalue weighted by Gasteiger charge is 2.14. The van der Waals surface area contributed by atoms with Crippen LogP contribution < -0.4 is 0 Å². The Bertz CT molecular complexity index is 795. The molecule has 0 atom stereocenters. The lowest BCUT2D eigenvalue weighted by Gasteiger charge is -2.09. The van der Waals surface area contributed by atoms with Crippen LogP contribution in [0.1, 0.15) is 36.4 Å². The molecule has 0 fully saturated rings. The molecule has 0 aliphatic heterocycles. The van der Waals surface area contributed by atoms with Crippen LogP contribution in [0.4, 0.5) is 0 Å². The highest BCUT2D eigenvalue weighted by molar-refractivity contribution is 5.50.